The molecule has 17 heavy (non-hydrogen) atoms. The molecule has 1 aromatic rings. The molecule has 94 valence electrons. The zero-order chi connectivity index (χ0) is 12.5. The molecule has 2 heteroatoms. The van der Waals surface area contributed by atoms with Gasteiger partial charge in [-0.25, -0.2) is 0 Å². The van der Waals surface area contributed by atoms with E-state index in [1.54, 1.807) is 0 Å². The molecule has 2 atom stereocenters. The van der Waals surface area contributed by atoms with Crippen LogP contribution in [0.3, 0.4) is 0 Å². The average Bonchev–Trinajstić information content (AvgIpc) is 2.87. The van der Waals surface area contributed by atoms with Gasteiger partial charge < -0.3 is 10.1 Å². The Kier molecular flexibility index (Phi) is 3.43. The lowest BCUT2D eigenvalue weighted by Gasteiger charge is -2.16. The van der Waals surface area contributed by atoms with Crippen LogP contribution in [0, 0.1) is 5.41 Å². The lowest BCUT2D eigenvalue weighted by atomic mass is 10.1. The van der Waals surface area contributed by atoms with Crippen LogP contribution in [0.25, 0.3) is 0 Å². The number of hydrogen-bond acceptors (Lipinski definition) is 2. The van der Waals surface area contributed by atoms with Crippen molar-refractivity contribution < 1.29 is 4.74 Å². The summed E-state index contributed by atoms with van der Waals surface area (Å²) in [6, 6.07) is 9.49. The third kappa shape index (κ3) is 3.01. The van der Waals surface area contributed by atoms with Crippen LogP contribution in [-0.2, 0) is 0 Å². The molecule has 0 aliphatic heterocycles. The smallest absolute Gasteiger partial charge is 0.119 e. The average molecular weight is 233 g/mol. The van der Waals surface area contributed by atoms with Gasteiger partial charge >= 0.3 is 0 Å². The van der Waals surface area contributed by atoms with Gasteiger partial charge in [-0.3, -0.25) is 0 Å². The SMILES string of the molecule is CCOc1ccc(C(C)NC2CC2(C)C)cc1. The molecule has 1 aliphatic rings. The Morgan fingerprint density at radius 1 is 1.35 bits per heavy atom. The zero-order valence-electron chi connectivity index (χ0n) is 11.3. The fourth-order valence-corrected chi connectivity index (χ4v) is 2.17. The number of hydrogen-bond donors (Lipinski definition) is 1. The number of rotatable bonds is 5. The summed E-state index contributed by atoms with van der Waals surface area (Å²) < 4.78 is 5.45. The predicted octanol–water partition coefficient (Wildman–Crippen LogP) is 3.53. The molecule has 1 saturated carbocycles. The molecule has 1 aromatic carbocycles. The maximum absolute atomic E-state index is 5.45. The van der Waals surface area contributed by atoms with Gasteiger partial charge in [0.15, 0.2) is 0 Å². The van der Waals surface area contributed by atoms with Crippen LogP contribution < -0.4 is 10.1 Å². The summed E-state index contributed by atoms with van der Waals surface area (Å²) in [5.74, 6) is 0.954. The first-order valence-electron chi connectivity index (χ1n) is 6.52. The first kappa shape index (κ1) is 12.4. The molecular formula is C15H23NO. The minimum Gasteiger partial charge on any atom is -0.494 e. The predicted molar refractivity (Wildman–Crippen MR) is 71.3 cm³/mol. The van der Waals surface area contributed by atoms with E-state index in [1.165, 1.54) is 12.0 Å². The van der Waals surface area contributed by atoms with E-state index >= 15 is 0 Å². The van der Waals surface area contributed by atoms with Crippen molar-refractivity contribution in [1.29, 1.82) is 0 Å². The van der Waals surface area contributed by atoms with Crippen molar-refractivity contribution in [2.24, 2.45) is 5.41 Å². The van der Waals surface area contributed by atoms with Gasteiger partial charge in [-0.15, -0.1) is 0 Å². The summed E-state index contributed by atoms with van der Waals surface area (Å²) in [5, 5.41) is 3.67. The van der Waals surface area contributed by atoms with E-state index < -0.39 is 0 Å². The molecule has 0 bridgehead atoms. The van der Waals surface area contributed by atoms with E-state index in [-0.39, 0.29) is 0 Å². The van der Waals surface area contributed by atoms with Gasteiger partial charge in [-0.1, -0.05) is 26.0 Å². The highest BCUT2D eigenvalue weighted by atomic mass is 16.5. The van der Waals surface area contributed by atoms with Gasteiger partial charge in [-0.05, 0) is 43.4 Å². The van der Waals surface area contributed by atoms with Gasteiger partial charge in [0.2, 0.25) is 0 Å². The van der Waals surface area contributed by atoms with Crippen molar-refractivity contribution >= 4 is 0 Å². The van der Waals surface area contributed by atoms with Gasteiger partial charge in [0.25, 0.3) is 0 Å². The van der Waals surface area contributed by atoms with Crippen molar-refractivity contribution in [3.8, 4) is 5.75 Å². The fourth-order valence-electron chi connectivity index (χ4n) is 2.17. The summed E-state index contributed by atoms with van der Waals surface area (Å²) in [6.45, 7) is 9.59. The van der Waals surface area contributed by atoms with E-state index in [9.17, 15) is 0 Å². The maximum Gasteiger partial charge on any atom is 0.119 e. The van der Waals surface area contributed by atoms with Crippen molar-refractivity contribution in [3.63, 3.8) is 0 Å². The highest BCUT2D eigenvalue weighted by Gasteiger charge is 2.45. The maximum atomic E-state index is 5.45. The van der Waals surface area contributed by atoms with E-state index in [2.05, 4.69) is 50.4 Å². The van der Waals surface area contributed by atoms with Crippen LogP contribution in [0.1, 0.15) is 45.7 Å². The van der Waals surface area contributed by atoms with E-state index in [4.69, 9.17) is 4.74 Å². The van der Waals surface area contributed by atoms with Crippen molar-refractivity contribution in [2.45, 2.75) is 46.2 Å². The molecule has 1 fully saturated rings. The standard InChI is InChI=1S/C15H23NO/c1-5-17-13-8-6-12(7-9-13)11(2)16-14-10-15(14,3)4/h6-9,11,14,16H,5,10H2,1-4H3. The molecule has 0 amide bonds. The second-order valence-corrected chi connectivity index (χ2v) is 5.64. The Labute approximate surface area is 104 Å². The summed E-state index contributed by atoms with van der Waals surface area (Å²) in [7, 11) is 0. The lowest BCUT2D eigenvalue weighted by Crippen LogP contribution is -2.24. The fraction of sp³-hybridized carbons (Fsp3) is 0.600. The summed E-state index contributed by atoms with van der Waals surface area (Å²) in [6.07, 6.45) is 1.29. The molecule has 2 nitrogen and oxygen atoms in total. The molecule has 0 saturated heterocycles. The van der Waals surface area contributed by atoms with Crippen LogP contribution in [0.15, 0.2) is 24.3 Å². The third-order valence-corrected chi connectivity index (χ3v) is 3.66. The van der Waals surface area contributed by atoms with Crippen LogP contribution >= 0.6 is 0 Å². The number of ether oxygens (including phenoxy) is 1. The zero-order valence-corrected chi connectivity index (χ0v) is 11.3. The number of benzene rings is 1. The Morgan fingerprint density at radius 2 is 1.94 bits per heavy atom. The highest BCUT2D eigenvalue weighted by molar-refractivity contribution is 5.29. The topological polar surface area (TPSA) is 21.3 Å². The van der Waals surface area contributed by atoms with Gasteiger partial charge in [-0.2, -0.15) is 0 Å². The minimum atomic E-state index is 0.414. The Hall–Kier alpha value is -1.02. The molecular weight excluding hydrogens is 210 g/mol. The number of nitrogens with one attached hydrogen (secondary N) is 1. The Balaban J connectivity index is 1.93. The van der Waals surface area contributed by atoms with Gasteiger partial charge in [0.05, 0.1) is 6.61 Å². The Morgan fingerprint density at radius 3 is 2.41 bits per heavy atom. The second kappa shape index (κ2) is 4.69. The largest absolute Gasteiger partial charge is 0.494 e. The van der Waals surface area contributed by atoms with Crippen LogP contribution in [-0.4, -0.2) is 12.6 Å². The quantitative estimate of drug-likeness (QED) is 0.840. The molecule has 0 spiro atoms. The van der Waals surface area contributed by atoms with Crippen LogP contribution in [0.5, 0.6) is 5.75 Å². The van der Waals surface area contributed by atoms with Crippen molar-refractivity contribution in [1.82, 2.24) is 5.32 Å². The van der Waals surface area contributed by atoms with E-state index in [0.29, 0.717) is 17.5 Å². The van der Waals surface area contributed by atoms with Gasteiger partial charge in [0, 0.05) is 12.1 Å². The monoisotopic (exact) mass is 233 g/mol. The Bertz CT molecular complexity index is 369. The lowest BCUT2D eigenvalue weighted by molar-refractivity contribution is 0.340. The first-order valence-corrected chi connectivity index (χ1v) is 6.52. The van der Waals surface area contributed by atoms with Crippen molar-refractivity contribution in [2.75, 3.05) is 6.61 Å². The normalized spacial score (nSPS) is 23.2. The molecule has 0 heterocycles. The van der Waals surface area contributed by atoms with Gasteiger partial charge in [0.1, 0.15) is 5.75 Å². The molecule has 1 aliphatic carbocycles. The minimum absolute atomic E-state index is 0.414. The molecule has 2 unspecified atom stereocenters. The highest BCUT2D eigenvalue weighted by Crippen LogP contribution is 2.45. The van der Waals surface area contributed by atoms with Crippen molar-refractivity contribution in [3.05, 3.63) is 29.8 Å². The summed E-state index contributed by atoms with van der Waals surface area (Å²) >= 11 is 0. The van der Waals surface area contributed by atoms with E-state index in [0.717, 1.165) is 12.4 Å². The first-order chi connectivity index (χ1) is 8.03. The second-order valence-electron chi connectivity index (χ2n) is 5.64. The van der Waals surface area contributed by atoms with Crippen LogP contribution in [0.2, 0.25) is 0 Å². The van der Waals surface area contributed by atoms with Crippen LogP contribution in [0.4, 0.5) is 0 Å². The summed E-state index contributed by atoms with van der Waals surface area (Å²) in [4.78, 5) is 0. The molecule has 0 aromatic heterocycles. The molecule has 1 N–H and O–H groups in total. The molecule has 2 rings (SSSR count). The van der Waals surface area contributed by atoms with E-state index in [1.807, 2.05) is 6.92 Å². The molecule has 0 radical (unpaired) electrons. The third-order valence-electron chi connectivity index (χ3n) is 3.66. The summed E-state index contributed by atoms with van der Waals surface area (Å²) in [5.41, 5.74) is 1.82.